The SMILES string of the molecule is COC(=O)c1ccc2c(OC)ccc(OC)c2c1. The molecule has 2 aromatic carbocycles. The fraction of sp³-hybridized carbons (Fsp3) is 0.214. The Morgan fingerprint density at radius 3 is 2.06 bits per heavy atom. The average Bonchev–Trinajstić information content (AvgIpc) is 2.44. The Morgan fingerprint density at radius 2 is 1.50 bits per heavy atom. The van der Waals surface area contributed by atoms with E-state index in [4.69, 9.17) is 14.2 Å². The van der Waals surface area contributed by atoms with E-state index in [2.05, 4.69) is 0 Å². The van der Waals surface area contributed by atoms with Gasteiger partial charge in [-0.3, -0.25) is 0 Å². The van der Waals surface area contributed by atoms with E-state index >= 15 is 0 Å². The van der Waals surface area contributed by atoms with Crippen LogP contribution in [0.3, 0.4) is 0 Å². The quantitative estimate of drug-likeness (QED) is 0.781. The molecule has 0 N–H and O–H groups in total. The molecule has 0 aliphatic heterocycles. The van der Waals surface area contributed by atoms with Gasteiger partial charge in [0, 0.05) is 10.8 Å². The fourth-order valence-corrected chi connectivity index (χ4v) is 1.89. The number of benzene rings is 2. The molecule has 0 saturated heterocycles. The van der Waals surface area contributed by atoms with Crippen molar-refractivity contribution in [1.82, 2.24) is 0 Å². The van der Waals surface area contributed by atoms with Crippen LogP contribution in [0.4, 0.5) is 0 Å². The molecule has 18 heavy (non-hydrogen) atoms. The zero-order chi connectivity index (χ0) is 13.1. The number of ether oxygens (including phenoxy) is 3. The van der Waals surface area contributed by atoms with Crippen LogP contribution in [0.1, 0.15) is 10.4 Å². The first-order valence-electron chi connectivity index (χ1n) is 5.44. The average molecular weight is 246 g/mol. The van der Waals surface area contributed by atoms with E-state index in [9.17, 15) is 4.79 Å². The van der Waals surface area contributed by atoms with Gasteiger partial charge < -0.3 is 14.2 Å². The number of rotatable bonds is 3. The Bertz CT molecular complexity index is 590. The van der Waals surface area contributed by atoms with Crippen molar-refractivity contribution in [3.8, 4) is 11.5 Å². The Labute approximate surface area is 105 Å². The molecule has 2 aromatic rings. The highest BCUT2D eigenvalue weighted by molar-refractivity contribution is 5.99. The topological polar surface area (TPSA) is 44.8 Å². The van der Waals surface area contributed by atoms with Crippen LogP contribution in [0, 0.1) is 0 Å². The smallest absolute Gasteiger partial charge is 0.337 e. The molecule has 0 atom stereocenters. The normalized spacial score (nSPS) is 10.2. The summed E-state index contributed by atoms with van der Waals surface area (Å²) >= 11 is 0. The molecule has 0 spiro atoms. The van der Waals surface area contributed by atoms with Crippen molar-refractivity contribution >= 4 is 16.7 Å². The second-order valence-corrected chi connectivity index (χ2v) is 3.72. The van der Waals surface area contributed by atoms with Gasteiger partial charge in [0.1, 0.15) is 11.5 Å². The number of carbonyl (C=O) groups is 1. The van der Waals surface area contributed by atoms with E-state index in [1.807, 2.05) is 18.2 Å². The Kier molecular flexibility index (Phi) is 3.37. The number of carbonyl (C=O) groups excluding carboxylic acids is 1. The standard InChI is InChI=1S/C14H14O4/c1-16-12-6-7-13(17-2)11-8-9(14(15)18-3)4-5-10(11)12/h4-8H,1-3H3. The van der Waals surface area contributed by atoms with Crippen LogP contribution in [0.2, 0.25) is 0 Å². The third-order valence-corrected chi connectivity index (χ3v) is 2.80. The first-order chi connectivity index (χ1) is 8.71. The van der Waals surface area contributed by atoms with Crippen molar-refractivity contribution in [2.45, 2.75) is 0 Å². The largest absolute Gasteiger partial charge is 0.496 e. The molecule has 0 aromatic heterocycles. The zero-order valence-electron chi connectivity index (χ0n) is 10.5. The Morgan fingerprint density at radius 1 is 0.889 bits per heavy atom. The maximum atomic E-state index is 11.5. The molecule has 94 valence electrons. The zero-order valence-corrected chi connectivity index (χ0v) is 10.5. The van der Waals surface area contributed by atoms with E-state index in [0.29, 0.717) is 11.3 Å². The third kappa shape index (κ3) is 1.97. The van der Waals surface area contributed by atoms with Gasteiger partial charge in [-0.15, -0.1) is 0 Å². The summed E-state index contributed by atoms with van der Waals surface area (Å²) in [5.41, 5.74) is 0.483. The third-order valence-electron chi connectivity index (χ3n) is 2.80. The first kappa shape index (κ1) is 12.2. The second kappa shape index (κ2) is 4.96. The molecule has 0 heterocycles. The summed E-state index contributed by atoms with van der Waals surface area (Å²) in [4.78, 5) is 11.5. The molecule has 0 unspecified atom stereocenters. The number of fused-ring (bicyclic) bond motifs is 1. The summed E-state index contributed by atoms with van der Waals surface area (Å²) in [6.45, 7) is 0. The molecule has 0 aliphatic rings. The van der Waals surface area contributed by atoms with Crippen molar-refractivity contribution < 1.29 is 19.0 Å². The Balaban J connectivity index is 2.70. The minimum atomic E-state index is -0.373. The molecule has 0 amide bonds. The van der Waals surface area contributed by atoms with Crippen LogP contribution in [0.5, 0.6) is 11.5 Å². The maximum Gasteiger partial charge on any atom is 0.337 e. The summed E-state index contributed by atoms with van der Waals surface area (Å²) in [5.74, 6) is 1.06. The number of methoxy groups -OCH3 is 3. The van der Waals surface area contributed by atoms with Gasteiger partial charge in [-0.2, -0.15) is 0 Å². The first-order valence-corrected chi connectivity index (χ1v) is 5.44. The predicted octanol–water partition coefficient (Wildman–Crippen LogP) is 2.64. The van der Waals surface area contributed by atoms with Crippen molar-refractivity contribution in [3.63, 3.8) is 0 Å². The predicted molar refractivity (Wildman–Crippen MR) is 68.4 cm³/mol. The summed E-state index contributed by atoms with van der Waals surface area (Å²) in [7, 11) is 4.55. The van der Waals surface area contributed by atoms with Crippen molar-refractivity contribution in [2.24, 2.45) is 0 Å². The molecule has 0 bridgehead atoms. The van der Waals surface area contributed by atoms with E-state index in [0.717, 1.165) is 16.5 Å². The summed E-state index contributed by atoms with van der Waals surface area (Å²) in [6.07, 6.45) is 0. The molecule has 0 saturated carbocycles. The molecular weight excluding hydrogens is 232 g/mol. The second-order valence-electron chi connectivity index (χ2n) is 3.72. The highest BCUT2D eigenvalue weighted by atomic mass is 16.5. The lowest BCUT2D eigenvalue weighted by Gasteiger charge is -2.10. The molecular formula is C14H14O4. The van der Waals surface area contributed by atoms with Gasteiger partial charge in [0.2, 0.25) is 0 Å². The van der Waals surface area contributed by atoms with Gasteiger partial charge in [0.05, 0.1) is 26.9 Å². The summed E-state index contributed by atoms with van der Waals surface area (Å²) in [6, 6.07) is 8.91. The Hall–Kier alpha value is -2.23. The molecule has 0 fully saturated rings. The lowest BCUT2D eigenvalue weighted by atomic mass is 10.1. The highest BCUT2D eigenvalue weighted by Crippen LogP contribution is 2.33. The van der Waals surface area contributed by atoms with Gasteiger partial charge in [0.25, 0.3) is 0 Å². The van der Waals surface area contributed by atoms with E-state index in [1.54, 1.807) is 26.4 Å². The van der Waals surface area contributed by atoms with E-state index in [1.165, 1.54) is 7.11 Å². The fourth-order valence-electron chi connectivity index (χ4n) is 1.89. The van der Waals surface area contributed by atoms with Crippen LogP contribution in [0.15, 0.2) is 30.3 Å². The lowest BCUT2D eigenvalue weighted by molar-refractivity contribution is 0.0601. The van der Waals surface area contributed by atoms with Crippen LogP contribution in [0.25, 0.3) is 10.8 Å². The van der Waals surface area contributed by atoms with Crippen LogP contribution in [-0.4, -0.2) is 27.3 Å². The van der Waals surface area contributed by atoms with Gasteiger partial charge in [-0.25, -0.2) is 4.79 Å². The highest BCUT2D eigenvalue weighted by Gasteiger charge is 2.11. The number of hydrogen-bond donors (Lipinski definition) is 0. The van der Waals surface area contributed by atoms with E-state index < -0.39 is 0 Å². The van der Waals surface area contributed by atoms with Crippen molar-refractivity contribution in [1.29, 1.82) is 0 Å². The number of hydrogen-bond acceptors (Lipinski definition) is 4. The van der Waals surface area contributed by atoms with Gasteiger partial charge in [-0.1, -0.05) is 0 Å². The van der Waals surface area contributed by atoms with Crippen LogP contribution >= 0.6 is 0 Å². The van der Waals surface area contributed by atoms with Gasteiger partial charge in [-0.05, 0) is 30.3 Å². The van der Waals surface area contributed by atoms with Gasteiger partial charge in [0.15, 0.2) is 0 Å². The maximum absolute atomic E-state index is 11.5. The lowest BCUT2D eigenvalue weighted by Crippen LogP contribution is -2.01. The molecule has 0 radical (unpaired) electrons. The minimum absolute atomic E-state index is 0.373. The van der Waals surface area contributed by atoms with Gasteiger partial charge >= 0.3 is 5.97 Å². The minimum Gasteiger partial charge on any atom is -0.496 e. The van der Waals surface area contributed by atoms with Crippen molar-refractivity contribution in [2.75, 3.05) is 21.3 Å². The van der Waals surface area contributed by atoms with Crippen molar-refractivity contribution in [3.05, 3.63) is 35.9 Å². The molecule has 4 heteroatoms. The van der Waals surface area contributed by atoms with E-state index in [-0.39, 0.29) is 5.97 Å². The molecule has 4 nitrogen and oxygen atoms in total. The van der Waals surface area contributed by atoms with Crippen LogP contribution < -0.4 is 9.47 Å². The summed E-state index contributed by atoms with van der Waals surface area (Å²) in [5, 5.41) is 1.71. The molecule has 0 aliphatic carbocycles. The molecule has 2 rings (SSSR count). The summed E-state index contributed by atoms with van der Waals surface area (Å²) < 4.78 is 15.3. The van der Waals surface area contributed by atoms with Crippen LogP contribution in [-0.2, 0) is 4.74 Å². The number of esters is 1. The monoisotopic (exact) mass is 246 g/mol.